The molecule has 1 N–H and O–H groups in total. The number of aliphatic carboxylic acids is 1. The average Bonchev–Trinajstić information content (AvgIpc) is 3.24. The third-order valence-corrected chi connectivity index (χ3v) is 7.07. The predicted molar refractivity (Wildman–Crippen MR) is 102 cm³/mol. The molecule has 0 aromatic carbocycles. The van der Waals surface area contributed by atoms with E-state index in [1.54, 1.807) is 0 Å². The first-order valence-electron chi connectivity index (χ1n) is 7.78. The number of rotatable bonds is 10. The molecule has 0 fully saturated rings. The molecule has 0 aliphatic carbocycles. The lowest BCUT2D eigenvalue weighted by molar-refractivity contribution is -0.143. The highest BCUT2D eigenvalue weighted by Crippen LogP contribution is 2.20. The second-order valence-electron chi connectivity index (χ2n) is 5.58. The highest BCUT2D eigenvalue weighted by molar-refractivity contribution is 7.89. The fourth-order valence-corrected chi connectivity index (χ4v) is 5.25. The molecule has 2 aromatic rings. The summed E-state index contributed by atoms with van der Waals surface area (Å²) in [4.78, 5) is 25.2. The smallest absolute Gasteiger partial charge is 0.323 e. The summed E-state index contributed by atoms with van der Waals surface area (Å²) in [6.07, 6.45) is 0. The van der Waals surface area contributed by atoms with Crippen molar-refractivity contribution in [3.63, 3.8) is 0 Å². The SMILES string of the molecule is CC(=O)N(CCS(=O)(=O)N(Cc1cccs1)Cc1cccs1)CC(=O)O. The lowest BCUT2D eigenvalue weighted by Crippen LogP contribution is -2.40. The summed E-state index contributed by atoms with van der Waals surface area (Å²) in [5, 5.41) is 12.6. The van der Waals surface area contributed by atoms with Gasteiger partial charge in [0, 0.05) is 36.3 Å². The van der Waals surface area contributed by atoms with Crippen LogP contribution >= 0.6 is 22.7 Å². The Morgan fingerprint density at radius 3 is 2.00 bits per heavy atom. The minimum Gasteiger partial charge on any atom is -0.480 e. The molecule has 0 radical (unpaired) electrons. The Balaban J connectivity index is 2.12. The molecule has 10 heteroatoms. The third kappa shape index (κ3) is 6.20. The van der Waals surface area contributed by atoms with Crippen LogP contribution in [0.1, 0.15) is 16.7 Å². The molecule has 0 saturated carbocycles. The molecular weight excluding hydrogens is 396 g/mol. The molecule has 2 heterocycles. The maximum atomic E-state index is 12.8. The van der Waals surface area contributed by atoms with Gasteiger partial charge in [-0.15, -0.1) is 22.7 Å². The van der Waals surface area contributed by atoms with Crippen LogP contribution in [0.5, 0.6) is 0 Å². The average molecular weight is 417 g/mol. The molecule has 2 rings (SSSR count). The maximum Gasteiger partial charge on any atom is 0.323 e. The molecule has 0 spiro atoms. The molecule has 0 bridgehead atoms. The Bertz CT molecular complexity index is 780. The van der Waals surface area contributed by atoms with E-state index in [9.17, 15) is 18.0 Å². The number of carbonyl (C=O) groups excluding carboxylic acids is 1. The number of hydrogen-bond donors (Lipinski definition) is 1. The zero-order valence-electron chi connectivity index (χ0n) is 14.2. The Morgan fingerprint density at radius 2 is 1.62 bits per heavy atom. The van der Waals surface area contributed by atoms with Crippen molar-refractivity contribution in [1.82, 2.24) is 9.21 Å². The van der Waals surface area contributed by atoms with Gasteiger partial charge in [0.15, 0.2) is 0 Å². The number of amides is 1. The zero-order chi connectivity index (χ0) is 19.2. The Morgan fingerprint density at radius 1 is 1.08 bits per heavy atom. The summed E-state index contributed by atoms with van der Waals surface area (Å²) in [5.74, 6) is -1.96. The fourth-order valence-electron chi connectivity index (χ4n) is 2.27. The van der Waals surface area contributed by atoms with Crippen molar-refractivity contribution in [2.24, 2.45) is 0 Å². The molecule has 0 aliphatic heterocycles. The van der Waals surface area contributed by atoms with Crippen molar-refractivity contribution in [2.75, 3.05) is 18.8 Å². The van der Waals surface area contributed by atoms with E-state index < -0.39 is 28.4 Å². The minimum atomic E-state index is -3.68. The van der Waals surface area contributed by atoms with E-state index in [0.717, 1.165) is 14.7 Å². The largest absolute Gasteiger partial charge is 0.480 e. The fraction of sp³-hybridized carbons (Fsp3) is 0.375. The highest BCUT2D eigenvalue weighted by atomic mass is 32.2. The Kier molecular flexibility index (Phi) is 7.33. The first-order chi connectivity index (χ1) is 12.3. The van der Waals surface area contributed by atoms with Gasteiger partial charge in [0.05, 0.1) is 5.75 Å². The lowest BCUT2D eigenvalue weighted by Gasteiger charge is -2.24. The molecule has 26 heavy (non-hydrogen) atoms. The van der Waals surface area contributed by atoms with Gasteiger partial charge in [-0.3, -0.25) is 9.59 Å². The van der Waals surface area contributed by atoms with Crippen LogP contribution in [0, 0.1) is 0 Å². The zero-order valence-corrected chi connectivity index (χ0v) is 16.6. The number of carboxylic acid groups (broad SMARTS) is 1. The topological polar surface area (TPSA) is 95.0 Å². The first kappa shape index (κ1) is 20.6. The number of carboxylic acids is 1. The number of hydrogen-bond acceptors (Lipinski definition) is 6. The van der Waals surface area contributed by atoms with Crippen molar-refractivity contribution in [3.05, 3.63) is 44.8 Å². The summed E-state index contributed by atoms with van der Waals surface area (Å²) in [7, 11) is -3.68. The normalized spacial score (nSPS) is 11.6. The molecule has 0 aliphatic rings. The van der Waals surface area contributed by atoms with E-state index in [0.29, 0.717) is 0 Å². The van der Waals surface area contributed by atoms with Gasteiger partial charge in [0.1, 0.15) is 6.54 Å². The van der Waals surface area contributed by atoms with Crippen molar-refractivity contribution < 1.29 is 23.1 Å². The monoisotopic (exact) mass is 416 g/mol. The van der Waals surface area contributed by atoms with Gasteiger partial charge >= 0.3 is 5.97 Å². The van der Waals surface area contributed by atoms with Gasteiger partial charge in [-0.1, -0.05) is 12.1 Å². The molecule has 0 atom stereocenters. The number of carbonyl (C=O) groups is 2. The Hall–Kier alpha value is -1.75. The van der Waals surface area contributed by atoms with Crippen molar-refractivity contribution in [2.45, 2.75) is 20.0 Å². The van der Waals surface area contributed by atoms with Gasteiger partial charge in [-0.2, -0.15) is 4.31 Å². The van der Waals surface area contributed by atoms with E-state index >= 15 is 0 Å². The van der Waals surface area contributed by atoms with Crippen LogP contribution in [0.3, 0.4) is 0 Å². The first-order valence-corrected chi connectivity index (χ1v) is 11.1. The van der Waals surface area contributed by atoms with E-state index in [2.05, 4.69) is 0 Å². The van der Waals surface area contributed by atoms with Gasteiger partial charge in [-0.05, 0) is 22.9 Å². The third-order valence-electron chi connectivity index (χ3n) is 3.61. The summed E-state index contributed by atoms with van der Waals surface area (Å²) >= 11 is 2.95. The van der Waals surface area contributed by atoms with Crippen LogP contribution in [-0.4, -0.2) is 53.4 Å². The van der Waals surface area contributed by atoms with Crippen LogP contribution in [-0.2, 0) is 32.7 Å². The second kappa shape index (κ2) is 9.26. The number of sulfonamides is 1. The van der Waals surface area contributed by atoms with Crippen LogP contribution in [0.2, 0.25) is 0 Å². The molecule has 7 nitrogen and oxygen atoms in total. The van der Waals surface area contributed by atoms with E-state index in [-0.39, 0.29) is 25.4 Å². The van der Waals surface area contributed by atoms with Crippen molar-refractivity contribution in [1.29, 1.82) is 0 Å². The maximum absolute atomic E-state index is 12.8. The van der Waals surface area contributed by atoms with E-state index in [1.165, 1.54) is 33.9 Å². The molecular formula is C16H20N2O5S3. The van der Waals surface area contributed by atoms with Crippen LogP contribution in [0.25, 0.3) is 0 Å². The molecule has 142 valence electrons. The second-order valence-corrected chi connectivity index (χ2v) is 9.73. The summed E-state index contributed by atoms with van der Waals surface area (Å²) in [6, 6.07) is 7.46. The van der Waals surface area contributed by atoms with Gasteiger partial charge < -0.3 is 10.0 Å². The van der Waals surface area contributed by atoms with Crippen LogP contribution < -0.4 is 0 Å². The number of thiophene rings is 2. The molecule has 0 unspecified atom stereocenters. The highest BCUT2D eigenvalue weighted by Gasteiger charge is 2.25. The number of nitrogens with zero attached hydrogens (tertiary/aromatic N) is 2. The molecule has 0 saturated heterocycles. The molecule has 1 amide bonds. The minimum absolute atomic E-state index is 0.157. The van der Waals surface area contributed by atoms with Gasteiger partial charge in [0.2, 0.25) is 15.9 Å². The van der Waals surface area contributed by atoms with Crippen LogP contribution in [0.15, 0.2) is 35.0 Å². The summed E-state index contributed by atoms with van der Waals surface area (Å²) in [6.45, 7) is 1.05. The van der Waals surface area contributed by atoms with Crippen molar-refractivity contribution >= 4 is 44.6 Å². The van der Waals surface area contributed by atoms with E-state index in [4.69, 9.17) is 5.11 Å². The molecule has 2 aromatic heterocycles. The quantitative estimate of drug-likeness (QED) is 0.640. The van der Waals surface area contributed by atoms with Gasteiger partial charge in [-0.25, -0.2) is 8.42 Å². The van der Waals surface area contributed by atoms with E-state index in [1.807, 2.05) is 35.0 Å². The standard InChI is InChI=1S/C16H20N2O5S3/c1-13(19)17(12-16(20)21)6-9-26(22,23)18(10-14-4-2-7-24-14)11-15-5-3-8-25-15/h2-5,7-8H,6,9-12H2,1H3,(H,20,21). The predicted octanol–water partition coefficient (Wildman–Crippen LogP) is 2.07. The summed E-state index contributed by atoms with van der Waals surface area (Å²) in [5.41, 5.74) is 0. The lowest BCUT2D eigenvalue weighted by atomic mass is 10.4. The van der Waals surface area contributed by atoms with Crippen molar-refractivity contribution in [3.8, 4) is 0 Å². The van der Waals surface area contributed by atoms with Crippen LogP contribution in [0.4, 0.5) is 0 Å². The Labute approximate surface area is 160 Å². The summed E-state index contributed by atoms with van der Waals surface area (Å²) < 4.78 is 27.1. The van der Waals surface area contributed by atoms with Gasteiger partial charge in [0.25, 0.3) is 0 Å².